The molecule has 0 aliphatic carbocycles. The van der Waals surface area contributed by atoms with Gasteiger partial charge >= 0.3 is 0 Å². The first-order valence-corrected chi connectivity index (χ1v) is 9.70. The van der Waals surface area contributed by atoms with Crippen LogP contribution in [0.25, 0.3) is 0 Å². The molecule has 1 aliphatic heterocycles. The number of nitrogens with zero attached hydrogens (tertiary/aromatic N) is 2. The minimum Gasteiger partial charge on any atom is -0.352 e. The van der Waals surface area contributed by atoms with Gasteiger partial charge in [-0.25, -0.2) is 8.42 Å². The van der Waals surface area contributed by atoms with E-state index in [-0.39, 0.29) is 5.75 Å². The second-order valence-electron chi connectivity index (χ2n) is 6.52. The molecule has 0 unspecified atom stereocenters. The molecule has 23 heavy (non-hydrogen) atoms. The number of aliphatic imine (C=N–C) groups is 1. The summed E-state index contributed by atoms with van der Waals surface area (Å²) < 4.78 is 23.5. The van der Waals surface area contributed by atoms with E-state index in [4.69, 9.17) is 0 Å². The van der Waals surface area contributed by atoms with Gasteiger partial charge in [-0.2, -0.15) is 0 Å². The Kier molecular flexibility index (Phi) is 5.34. The van der Waals surface area contributed by atoms with Crippen molar-refractivity contribution >= 4 is 15.8 Å². The average molecular weight is 337 g/mol. The second kappa shape index (κ2) is 6.91. The summed E-state index contributed by atoms with van der Waals surface area (Å²) in [5.74, 6) is 0.936. The van der Waals surface area contributed by atoms with E-state index in [0.717, 1.165) is 12.4 Å². The van der Waals surface area contributed by atoms with Crippen molar-refractivity contribution in [2.45, 2.75) is 38.5 Å². The fraction of sp³-hybridized carbons (Fsp3) is 0.588. The molecule has 0 radical (unpaired) electrons. The lowest BCUT2D eigenvalue weighted by Gasteiger charge is -2.39. The van der Waals surface area contributed by atoms with Crippen molar-refractivity contribution in [1.29, 1.82) is 0 Å². The van der Waals surface area contributed by atoms with Crippen LogP contribution in [0.2, 0.25) is 0 Å². The van der Waals surface area contributed by atoms with Crippen molar-refractivity contribution in [3.8, 4) is 0 Å². The summed E-state index contributed by atoms with van der Waals surface area (Å²) in [5.41, 5.74) is 2.57. The highest BCUT2D eigenvalue weighted by Crippen LogP contribution is 2.23. The smallest absolute Gasteiger partial charge is 0.193 e. The number of sulfone groups is 1. The highest BCUT2D eigenvalue weighted by molar-refractivity contribution is 7.92. The molecule has 5 nitrogen and oxygen atoms in total. The van der Waals surface area contributed by atoms with Crippen LogP contribution in [0.3, 0.4) is 0 Å². The number of hydrogen-bond donors (Lipinski definition) is 1. The van der Waals surface area contributed by atoms with Crippen molar-refractivity contribution in [3.63, 3.8) is 0 Å². The lowest BCUT2D eigenvalue weighted by atomic mass is 10.1. The van der Waals surface area contributed by atoms with Gasteiger partial charge < -0.3 is 10.2 Å². The topological polar surface area (TPSA) is 61.8 Å². The van der Waals surface area contributed by atoms with Crippen molar-refractivity contribution in [2.24, 2.45) is 4.99 Å². The second-order valence-corrected chi connectivity index (χ2v) is 9.27. The van der Waals surface area contributed by atoms with Gasteiger partial charge in [0, 0.05) is 26.7 Å². The quantitative estimate of drug-likeness (QED) is 0.675. The standard InChI is InChI=1S/C17H27N3O2S/c1-5-14-8-6-7-9-15(14)12-19-16(18-4)20-10-11-23(21,22)17(2,3)13-20/h6-9H,5,10-13H2,1-4H3,(H,18,19). The Labute approximate surface area is 139 Å². The van der Waals surface area contributed by atoms with Crippen LogP contribution in [0.1, 0.15) is 31.9 Å². The van der Waals surface area contributed by atoms with Gasteiger partial charge in [0.15, 0.2) is 15.8 Å². The van der Waals surface area contributed by atoms with Crippen LogP contribution in [-0.4, -0.2) is 49.9 Å². The van der Waals surface area contributed by atoms with E-state index in [1.54, 1.807) is 20.9 Å². The average Bonchev–Trinajstić information content (AvgIpc) is 2.51. The molecular weight excluding hydrogens is 310 g/mol. The number of benzene rings is 1. The SMILES string of the molecule is CCc1ccccc1CNC(=NC)N1CCS(=O)(=O)C(C)(C)C1. The third kappa shape index (κ3) is 3.86. The third-order valence-corrected chi connectivity index (χ3v) is 7.02. The fourth-order valence-corrected chi connectivity index (χ4v) is 4.27. The van der Waals surface area contributed by atoms with Gasteiger partial charge in [-0.1, -0.05) is 31.2 Å². The molecule has 1 saturated heterocycles. The van der Waals surface area contributed by atoms with Gasteiger partial charge in [-0.3, -0.25) is 4.99 Å². The molecular formula is C17H27N3O2S. The Morgan fingerprint density at radius 2 is 1.96 bits per heavy atom. The van der Waals surface area contributed by atoms with E-state index in [2.05, 4.69) is 35.4 Å². The molecule has 0 spiro atoms. The van der Waals surface area contributed by atoms with E-state index >= 15 is 0 Å². The molecule has 6 heteroatoms. The molecule has 1 fully saturated rings. The summed E-state index contributed by atoms with van der Waals surface area (Å²) in [5, 5.41) is 3.38. The largest absolute Gasteiger partial charge is 0.352 e. The van der Waals surface area contributed by atoms with E-state index in [9.17, 15) is 8.42 Å². The van der Waals surface area contributed by atoms with Gasteiger partial charge in [-0.15, -0.1) is 0 Å². The first kappa shape index (κ1) is 17.8. The molecule has 1 aromatic carbocycles. The molecule has 1 aromatic rings. The van der Waals surface area contributed by atoms with Gasteiger partial charge in [0.1, 0.15) is 0 Å². The monoisotopic (exact) mass is 337 g/mol. The molecule has 0 saturated carbocycles. The molecule has 0 amide bonds. The Hall–Kier alpha value is -1.56. The maximum atomic E-state index is 12.1. The maximum Gasteiger partial charge on any atom is 0.193 e. The normalized spacial score (nSPS) is 20.3. The van der Waals surface area contributed by atoms with Gasteiger partial charge in [0.05, 0.1) is 10.5 Å². The van der Waals surface area contributed by atoms with Crippen molar-refractivity contribution in [2.75, 3.05) is 25.9 Å². The molecule has 0 atom stereocenters. The van der Waals surface area contributed by atoms with Crippen LogP contribution in [-0.2, 0) is 22.8 Å². The van der Waals surface area contributed by atoms with Crippen molar-refractivity contribution in [3.05, 3.63) is 35.4 Å². The number of nitrogens with one attached hydrogen (secondary N) is 1. The summed E-state index contributed by atoms with van der Waals surface area (Å²) in [4.78, 5) is 6.37. The minimum atomic E-state index is -3.04. The molecule has 1 heterocycles. The number of hydrogen-bond acceptors (Lipinski definition) is 3. The van der Waals surface area contributed by atoms with E-state index in [1.165, 1.54) is 11.1 Å². The maximum absolute atomic E-state index is 12.1. The summed E-state index contributed by atoms with van der Waals surface area (Å²) in [6.45, 7) is 7.36. The van der Waals surface area contributed by atoms with Gasteiger partial charge in [0.2, 0.25) is 0 Å². The zero-order chi connectivity index (χ0) is 17.1. The minimum absolute atomic E-state index is 0.173. The van der Waals surface area contributed by atoms with Crippen molar-refractivity contribution in [1.82, 2.24) is 10.2 Å². The third-order valence-electron chi connectivity index (χ3n) is 4.49. The number of guanidine groups is 1. The zero-order valence-electron chi connectivity index (χ0n) is 14.5. The first-order valence-electron chi connectivity index (χ1n) is 8.05. The van der Waals surface area contributed by atoms with Crippen LogP contribution in [0, 0.1) is 0 Å². The van der Waals surface area contributed by atoms with E-state index < -0.39 is 14.6 Å². The van der Waals surface area contributed by atoms with Crippen LogP contribution >= 0.6 is 0 Å². The van der Waals surface area contributed by atoms with E-state index in [1.807, 2.05) is 11.0 Å². The number of rotatable bonds is 3. The summed E-state index contributed by atoms with van der Waals surface area (Å²) in [7, 11) is -1.30. The molecule has 2 rings (SSSR count). The Morgan fingerprint density at radius 1 is 1.30 bits per heavy atom. The zero-order valence-corrected chi connectivity index (χ0v) is 15.3. The number of aryl methyl sites for hydroxylation is 1. The molecule has 128 valence electrons. The van der Waals surface area contributed by atoms with Crippen molar-refractivity contribution < 1.29 is 8.42 Å². The van der Waals surface area contributed by atoms with Gasteiger partial charge in [-0.05, 0) is 31.4 Å². The highest BCUT2D eigenvalue weighted by atomic mass is 32.2. The highest BCUT2D eigenvalue weighted by Gasteiger charge is 2.40. The summed E-state index contributed by atoms with van der Waals surface area (Å²) in [6, 6.07) is 8.34. The lowest BCUT2D eigenvalue weighted by Crippen LogP contribution is -2.57. The van der Waals surface area contributed by atoms with Crippen LogP contribution in [0.15, 0.2) is 29.3 Å². The molecule has 1 N–H and O–H groups in total. The summed E-state index contributed by atoms with van der Waals surface area (Å²) >= 11 is 0. The summed E-state index contributed by atoms with van der Waals surface area (Å²) in [6.07, 6.45) is 0.992. The van der Waals surface area contributed by atoms with Crippen LogP contribution in [0.5, 0.6) is 0 Å². The van der Waals surface area contributed by atoms with Crippen LogP contribution < -0.4 is 5.32 Å². The first-order chi connectivity index (χ1) is 10.8. The Balaban J connectivity index is 2.07. The Bertz CT molecular complexity index is 681. The predicted molar refractivity (Wildman–Crippen MR) is 95.5 cm³/mol. The molecule has 0 bridgehead atoms. The fourth-order valence-electron chi connectivity index (χ4n) is 2.91. The van der Waals surface area contributed by atoms with Gasteiger partial charge in [0.25, 0.3) is 0 Å². The molecule has 1 aliphatic rings. The van der Waals surface area contributed by atoms with E-state index in [0.29, 0.717) is 19.6 Å². The Morgan fingerprint density at radius 3 is 2.52 bits per heavy atom. The van der Waals surface area contributed by atoms with Crippen LogP contribution in [0.4, 0.5) is 0 Å². The predicted octanol–water partition coefficient (Wildman–Crippen LogP) is 1.83. The molecule has 0 aromatic heterocycles. The lowest BCUT2D eigenvalue weighted by molar-refractivity contribution is 0.353.